The van der Waals surface area contributed by atoms with Crippen LogP contribution in [0.5, 0.6) is 0 Å². The van der Waals surface area contributed by atoms with Crippen LogP contribution in [0.25, 0.3) is 0 Å². The van der Waals surface area contributed by atoms with Crippen LogP contribution in [0.3, 0.4) is 0 Å². The number of anilines is 1. The molecule has 0 saturated heterocycles. The molecule has 1 aromatic heterocycles. The first-order valence-electron chi connectivity index (χ1n) is 7.14. The van der Waals surface area contributed by atoms with Crippen LogP contribution in [0.2, 0.25) is 0 Å². The minimum Gasteiger partial charge on any atom is -0.326 e. The number of carbonyl (C=O) groups excluding carboxylic acids is 2. The molecule has 0 radical (unpaired) electrons. The van der Waals surface area contributed by atoms with Gasteiger partial charge < -0.3 is 5.32 Å². The number of thiophene rings is 1. The van der Waals surface area contributed by atoms with Crippen molar-refractivity contribution < 1.29 is 9.59 Å². The molecule has 0 fully saturated rings. The molecule has 0 atom stereocenters. The topological polar surface area (TPSA) is 46.2 Å². The number of hydrogen-bond acceptors (Lipinski definition) is 3. The van der Waals surface area contributed by atoms with E-state index in [1.165, 1.54) is 16.9 Å². The largest absolute Gasteiger partial charge is 0.326 e. The van der Waals surface area contributed by atoms with Crippen LogP contribution in [0.1, 0.15) is 41.4 Å². The van der Waals surface area contributed by atoms with Crippen molar-refractivity contribution >= 4 is 28.7 Å². The summed E-state index contributed by atoms with van der Waals surface area (Å²) in [5.41, 5.74) is 2.05. The second kappa shape index (κ2) is 7.74. The molecule has 2 rings (SSSR count). The van der Waals surface area contributed by atoms with E-state index in [9.17, 15) is 9.59 Å². The van der Waals surface area contributed by atoms with Gasteiger partial charge in [0.2, 0.25) is 5.91 Å². The normalized spacial score (nSPS) is 10.3. The number of carbonyl (C=O) groups is 2. The van der Waals surface area contributed by atoms with E-state index in [1.807, 2.05) is 41.8 Å². The molecule has 1 amide bonds. The first-order valence-corrected chi connectivity index (χ1v) is 8.02. The van der Waals surface area contributed by atoms with Crippen LogP contribution >= 0.6 is 11.3 Å². The highest BCUT2D eigenvalue weighted by atomic mass is 32.1. The summed E-state index contributed by atoms with van der Waals surface area (Å²) in [7, 11) is 0. The average Bonchev–Trinajstić information content (AvgIpc) is 3.02. The third-order valence-corrected chi connectivity index (χ3v) is 4.16. The SMILES string of the molecule is CCc1ccc(NC(=O)CCCC(=O)c2cccs2)cc1. The summed E-state index contributed by atoms with van der Waals surface area (Å²) in [6.45, 7) is 2.10. The summed E-state index contributed by atoms with van der Waals surface area (Å²) < 4.78 is 0. The summed E-state index contributed by atoms with van der Waals surface area (Å²) in [5, 5.41) is 4.74. The number of Topliss-reactive ketones (excluding diaryl/α,β-unsaturated/α-hetero) is 1. The highest BCUT2D eigenvalue weighted by Crippen LogP contribution is 2.14. The predicted octanol–water partition coefficient (Wildman–Crippen LogP) is 4.30. The van der Waals surface area contributed by atoms with Gasteiger partial charge in [-0.2, -0.15) is 0 Å². The van der Waals surface area contributed by atoms with Gasteiger partial charge in [-0.15, -0.1) is 11.3 Å². The Kier molecular flexibility index (Phi) is 5.69. The standard InChI is InChI=1S/C17H19NO2S/c1-2-13-8-10-14(11-9-13)18-17(20)7-3-5-15(19)16-6-4-12-21-16/h4,6,8-12H,2-3,5,7H2,1H3,(H,18,20). The van der Waals surface area contributed by atoms with Gasteiger partial charge in [-0.1, -0.05) is 25.1 Å². The van der Waals surface area contributed by atoms with Gasteiger partial charge in [-0.3, -0.25) is 9.59 Å². The fourth-order valence-electron chi connectivity index (χ4n) is 2.02. The molecule has 0 unspecified atom stereocenters. The summed E-state index contributed by atoms with van der Waals surface area (Å²) in [6.07, 6.45) is 2.35. The second-order valence-corrected chi connectivity index (χ2v) is 5.80. The molecule has 21 heavy (non-hydrogen) atoms. The average molecular weight is 301 g/mol. The monoisotopic (exact) mass is 301 g/mol. The van der Waals surface area contributed by atoms with Gasteiger partial charge >= 0.3 is 0 Å². The molecule has 4 heteroatoms. The lowest BCUT2D eigenvalue weighted by atomic mass is 10.1. The van der Waals surface area contributed by atoms with E-state index in [0.717, 1.165) is 17.0 Å². The van der Waals surface area contributed by atoms with Crippen molar-refractivity contribution in [2.24, 2.45) is 0 Å². The van der Waals surface area contributed by atoms with Gasteiger partial charge in [-0.05, 0) is 42.0 Å². The summed E-state index contributed by atoms with van der Waals surface area (Å²) in [4.78, 5) is 24.4. The number of hydrogen-bond donors (Lipinski definition) is 1. The second-order valence-electron chi connectivity index (χ2n) is 4.85. The van der Waals surface area contributed by atoms with Crippen LogP contribution in [-0.4, -0.2) is 11.7 Å². The highest BCUT2D eigenvalue weighted by molar-refractivity contribution is 7.12. The Labute approximate surface area is 129 Å². The lowest BCUT2D eigenvalue weighted by Crippen LogP contribution is -2.11. The van der Waals surface area contributed by atoms with Gasteiger partial charge in [0, 0.05) is 18.5 Å². The van der Waals surface area contributed by atoms with E-state index in [4.69, 9.17) is 0 Å². The maximum atomic E-state index is 11.8. The van der Waals surface area contributed by atoms with E-state index in [2.05, 4.69) is 12.2 Å². The zero-order valence-electron chi connectivity index (χ0n) is 12.1. The number of aryl methyl sites for hydroxylation is 1. The smallest absolute Gasteiger partial charge is 0.224 e. The molecule has 0 aliphatic rings. The van der Waals surface area contributed by atoms with Gasteiger partial charge in [0.25, 0.3) is 0 Å². The van der Waals surface area contributed by atoms with Gasteiger partial charge in [0.05, 0.1) is 4.88 Å². The summed E-state index contributed by atoms with van der Waals surface area (Å²) in [5.74, 6) is 0.0725. The minimum absolute atomic E-state index is 0.0433. The highest BCUT2D eigenvalue weighted by Gasteiger charge is 2.08. The lowest BCUT2D eigenvalue weighted by molar-refractivity contribution is -0.116. The van der Waals surface area contributed by atoms with Gasteiger partial charge in [-0.25, -0.2) is 0 Å². The molecule has 3 nitrogen and oxygen atoms in total. The van der Waals surface area contributed by atoms with Crippen molar-refractivity contribution in [3.63, 3.8) is 0 Å². The van der Waals surface area contributed by atoms with Crippen molar-refractivity contribution in [1.82, 2.24) is 0 Å². The van der Waals surface area contributed by atoms with Crippen molar-refractivity contribution in [3.05, 3.63) is 52.2 Å². The molecule has 0 aliphatic heterocycles. The first-order chi connectivity index (χ1) is 10.2. The molecule has 0 aliphatic carbocycles. The molecular weight excluding hydrogens is 282 g/mol. The van der Waals surface area contributed by atoms with E-state index >= 15 is 0 Å². The first kappa shape index (κ1) is 15.4. The van der Waals surface area contributed by atoms with Crippen LogP contribution in [0.15, 0.2) is 41.8 Å². The zero-order chi connectivity index (χ0) is 15.1. The molecule has 0 saturated carbocycles. The summed E-state index contributed by atoms with van der Waals surface area (Å²) >= 11 is 1.45. The predicted molar refractivity (Wildman–Crippen MR) is 87.0 cm³/mol. The Morgan fingerprint density at radius 1 is 1.10 bits per heavy atom. The third kappa shape index (κ3) is 4.83. The lowest BCUT2D eigenvalue weighted by Gasteiger charge is -2.05. The molecule has 1 N–H and O–H groups in total. The molecular formula is C17H19NO2S. The van der Waals surface area contributed by atoms with E-state index in [-0.39, 0.29) is 11.7 Å². The van der Waals surface area contributed by atoms with E-state index < -0.39 is 0 Å². The molecule has 1 aromatic carbocycles. The van der Waals surface area contributed by atoms with Crippen molar-refractivity contribution in [3.8, 4) is 0 Å². The maximum absolute atomic E-state index is 11.8. The molecule has 110 valence electrons. The Balaban J connectivity index is 1.73. The fraction of sp³-hybridized carbons (Fsp3) is 0.294. The quantitative estimate of drug-likeness (QED) is 0.775. The van der Waals surface area contributed by atoms with Crippen molar-refractivity contribution in [2.45, 2.75) is 32.6 Å². The van der Waals surface area contributed by atoms with E-state index in [0.29, 0.717) is 19.3 Å². The van der Waals surface area contributed by atoms with Crippen molar-refractivity contribution in [1.29, 1.82) is 0 Å². The maximum Gasteiger partial charge on any atom is 0.224 e. The Morgan fingerprint density at radius 3 is 2.48 bits per heavy atom. The van der Waals surface area contributed by atoms with E-state index in [1.54, 1.807) is 0 Å². The molecule has 0 bridgehead atoms. The van der Waals surface area contributed by atoms with Crippen LogP contribution in [-0.2, 0) is 11.2 Å². The number of nitrogens with one attached hydrogen (secondary N) is 1. The summed E-state index contributed by atoms with van der Waals surface area (Å²) in [6, 6.07) is 11.5. The number of benzene rings is 1. The Hall–Kier alpha value is -1.94. The van der Waals surface area contributed by atoms with Gasteiger partial charge in [0.15, 0.2) is 5.78 Å². The number of amides is 1. The molecule has 2 aromatic rings. The van der Waals surface area contributed by atoms with Crippen LogP contribution in [0, 0.1) is 0 Å². The number of ketones is 1. The van der Waals surface area contributed by atoms with Crippen molar-refractivity contribution in [2.75, 3.05) is 5.32 Å². The number of rotatable bonds is 7. The fourth-order valence-corrected chi connectivity index (χ4v) is 2.71. The zero-order valence-corrected chi connectivity index (χ0v) is 12.9. The molecule has 1 heterocycles. The van der Waals surface area contributed by atoms with Crippen LogP contribution < -0.4 is 5.32 Å². The third-order valence-electron chi connectivity index (χ3n) is 3.25. The van der Waals surface area contributed by atoms with Crippen LogP contribution in [0.4, 0.5) is 5.69 Å². The Morgan fingerprint density at radius 2 is 1.86 bits per heavy atom. The minimum atomic E-state index is -0.0433. The molecule has 0 spiro atoms. The van der Waals surface area contributed by atoms with Gasteiger partial charge in [0.1, 0.15) is 0 Å². The Bertz CT molecular complexity index is 588.